The van der Waals surface area contributed by atoms with Gasteiger partial charge < -0.3 is 9.80 Å². The fraction of sp³-hybridized carbons (Fsp3) is 0.571. The summed E-state index contributed by atoms with van der Waals surface area (Å²) in [4.78, 5) is 20.3. The minimum Gasteiger partial charge on any atom is -0.340 e. The van der Waals surface area contributed by atoms with Crippen molar-refractivity contribution in [2.75, 3.05) is 27.7 Å². The Labute approximate surface area is 129 Å². The smallest absolute Gasteiger partial charge is 0.255 e. The lowest BCUT2D eigenvalue weighted by molar-refractivity contribution is 0.0252. The average molecular weight is 316 g/mol. The van der Waals surface area contributed by atoms with Gasteiger partial charge in [0.1, 0.15) is 5.15 Å². The summed E-state index contributed by atoms with van der Waals surface area (Å²) in [7, 11) is 5.93. The van der Waals surface area contributed by atoms with Crippen LogP contribution >= 0.6 is 23.2 Å². The molecule has 1 fully saturated rings. The maximum atomic E-state index is 12.5. The molecule has 0 atom stereocenters. The zero-order valence-corrected chi connectivity index (χ0v) is 13.5. The molecule has 0 aliphatic heterocycles. The minimum atomic E-state index is -0.118. The Morgan fingerprint density at radius 3 is 2.50 bits per heavy atom. The highest BCUT2D eigenvalue weighted by Gasteiger charge is 2.40. The molecule has 4 nitrogen and oxygen atoms in total. The fourth-order valence-corrected chi connectivity index (χ4v) is 2.97. The second-order valence-corrected chi connectivity index (χ2v) is 6.41. The molecule has 1 aromatic rings. The summed E-state index contributed by atoms with van der Waals surface area (Å²) in [5, 5.41) is 0.607. The molecule has 0 bridgehead atoms. The van der Waals surface area contributed by atoms with Gasteiger partial charge in [0.25, 0.3) is 5.91 Å². The molecular formula is C14H19Cl2N3O. The number of likely N-dealkylation sites (N-methyl/N-ethyl adjacent to an activating group) is 2. The van der Waals surface area contributed by atoms with Crippen molar-refractivity contribution >= 4 is 29.1 Å². The monoisotopic (exact) mass is 315 g/mol. The topological polar surface area (TPSA) is 36.4 Å². The summed E-state index contributed by atoms with van der Waals surface area (Å²) in [6.45, 7) is 0.690. The molecule has 1 aliphatic rings. The van der Waals surface area contributed by atoms with Crippen molar-refractivity contribution in [1.82, 2.24) is 14.8 Å². The van der Waals surface area contributed by atoms with E-state index in [9.17, 15) is 4.79 Å². The number of amides is 1. The molecule has 1 aromatic heterocycles. The molecular weight excluding hydrogens is 297 g/mol. The first kappa shape index (κ1) is 15.5. The van der Waals surface area contributed by atoms with Crippen LogP contribution in [0.4, 0.5) is 0 Å². The Kier molecular flexibility index (Phi) is 4.57. The number of carbonyl (C=O) groups excluding carboxylic acids is 1. The zero-order chi connectivity index (χ0) is 14.9. The van der Waals surface area contributed by atoms with E-state index in [4.69, 9.17) is 23.2 Å². The van der Waals surface area contributed by atoms with Gasteiger partial charge in [0, 0.05) is 25.3 Å². The number of aromatic nitrogens is 1. The molecule has 6 heteroatoms. The molecule has 0 aromatic carbocycles. The number of pyridine rings is 1. The highest BCUT2D eigenvalue weighted by atomic mass is 35.5. The van der Waals surface area contributed by atoms with Crippen LogP contribution in [0.15, 0.2) is 12.3 Å². The van der Waals surface area contributed by atoms with Crippen LogP contribution in [0.5, 0.6) is 0 Å². The van der Waals surface area contributed by atoms with Crippen LogP contribution in [0, 0.1) is 0 Å². The molecule has 1 saturated carbocycles. The SMILES string of the molecule is CN(CC1(N(C)C)CCC1)C(=O)c1cc(Cl)ncc1Cl. The molecule has 0 saturated heterocycles. The van der Waals surface area contributed by atoms with Crippen molar-refractivity contribution in [3.8, 4) is 0 Å². The first-order chi connectivity index (χ1) is 9.35. The van der Waals surface area contributed by atoms with Gasteiger partial charge in [-0.25, -0.2) is 4.98 Å². The Bertz CT molecular complexity index is 515. The molecule has 0 N–H and O–H groups in total. The van der Waals surface area contributed by atoms with E-state index in [2.05, 4.69) is 24.0 Å². The van der Waals surface area contributed by atoms with Gasteiger partial charge in [0.05, 0.1) is 10.6 Å². The number of nitrogens with zero attached hydrogens (tertiary/aromatic N) is 3. The van der Waals surface area contributed by atoms with Crippen LogP contribution in [0.3, 0.4) is 0 Å². The maximum Gasteiger partial charge on any atom is 0.255 e. The van der Waals surface area contributed by atoms with E-state index in [1.165, 1.54) is 18.7 Å². The number of halogens is 2. The predicted octanol–water partition coefficient (Wildman–Crippen LogP) is 2.94. The minimum absolute atomic E-state index is 0.0910. The van der Waals surface area contributed by atoms with Crippen LogP contribution in [0.1, 0.15) is 29.6 Å². The van der Waals surface area contributed by atoms with Crippen molar-refractivity contribution in [3.63, 3.8) is 0 Å². The predicted molar refractivity (Wildman–Crippen MR) is 81.5 cm³/mol. The van der Waals surface area contributed by atoms with Gasteiger partial charge in [-0.1, -0.05) is 23.2 Å². The van der Waals surface area contributed by atoms with Crippen molar-refractivity contribution in [3.05, 3.63) is 28.0 Å². The van der Waals surface area contributed by atoms with Gasteiger partial charge >= 0.3 is 0 Å². The first-order valence-electron chi connectivity index (χ1n) is 6.60. The van der Waals surface area contributed by atoms with Crippen LogP contribution in [-0.4, -0.2) is 53.9 Å². The molecule has 1 amide bonds. The molecule has 0 unspecified atom stereocenters. The summed E-state index contributed by atoms with van der Waals surface area (Å²) in [5.41, 5.74) is 0.496. The molecule has 20 heavy (non-hydrogen) atoms. The Hall–Kier alpha value is -0.840. The normalized spacial score (nSPS) is 16.9. The average Bonchev–Trinajstić information content (AvgIpc) is 2.35. The van der Waals surface area contributed by atoms with Crippen LogP contribution < -0.4 is 0 Å². The van der Waals surface area contributed by atoms with Gasteiger partial charge in [-0.3, -0.25) is 4.79 Å². The number of hydrogen-bond acceptors (Lipinski definition) is 3. The maximum absolute atomic E-state index is 12.5. The van der Waals surface area contributed by atoms with Gasteiger partial charge in [-0.15, -0.1) is 0 Å². The molecule has 1 heterocycles. The van der Waals surface area contributed by atoms with E-state index in [1.807, 2.05) is 0 Å². The van der Waals surface area contributed by atoms with Gasteiger partial charge in [-0.05, 0) is 39.4 Å². The summed E-state index contributed by atoms with van der Waals surface area (Å²) in [6, 6.07) is 1.52. The molecule has 1 aliphatic carbocycles. The van der Waals surface area contributed by atoms with Gasteiger partial charge in [0.2, 0.25) is 0 Å². The van der Waals surface area contributed by atoms with E-state index >= 15 is 0 Å². The van der Waals surface area contributed by atoms with E-state index in [0.29, 0.717) is 17.1 Å². The fourth-order valence-electron chi connectivity index (χ4n) is 2.63. The lowest BCUT2D eigenvalue weighted by Gasteiger charge is -2.49. The Morgan fingerprint density at radius 1 is 1.35 bits per heavy atom. The number of hydrogen-bond donors (Lipinski definition) is 0. The van der Waals surface area contributed by atoms with Gasteiger partial charge in [0.15, 0.2) is 0 Å². The van der Waals surface area contributed by atoms with Crippen molar-refractivity contribution in [1.29, 1.82) is 0 Å². The third-order valence-electron chi connectivity index (χ3n) is 4.16. The number of rotatable bonds is 4. The van der Waals surface area contributed by atoms with E-state index in [1.54, 1.807) is 11.9 Å². The first-order valence-corrected chi connectivity index (χ1v) is 7.35. The van der Waals surface area contributed by atoms with E-state index < -0.39 is 0 Å². The lowest BCUT2D eigenvalue weighted by atomic mass is 9.75. The van der Waals surface area contributed by atoms with Crippen LogP contribution in [0.2, 0.25) is 10.2 Å². The quantitative estimate of drug-likeness (QED) is 0.801. The molecule has 2 rings (SSSR count). The van der Waals surface area contributed by atoms with E-state index in [0.717, 1.165) is 12.8 Å². The van der Waals surface area contributed by atoms with Gasteiger partial charge in [-0.2, -0.15) is 0 Å². The second kappa shape index (κ2) is 5.88. The number of carbonyl (C=O) groups is 1. The molecule has 0 spiro atoms. The zero-order valence-electron chi connectivity index (χ0n) is 12.0. The standard InChI is InChI=1S/C14H19Cl2N3O/c1-18(2)14(5-4-6-14)9-19(3)13(20)10-7-12(16)17-8-11(10)15/h7-8H,4-6,9H2,1-3H3. The van der Waals surface area contributed by atoms with Crippen LogP contribution in [-0.2, 0) is 0 Å². The largest absolute Gasteiger partial charge is 0.340 e. The summed E-state index contributed by atoms with van der Waals surface area (Å²) in [6.07, 6.45) is 4.85. The van der Waals surface area contributed by atoms with Crippen molar-refractivity contribution < 1.29 is 4.79 Å². The van der Waals surface area contributed by atoms with E-state index in [-0.39, 0.29) is 16.6 Å². The lowest BCUT2D eigenvalue weighted by Crippen LogP contribution is -2.57. The van der Waals surface area contributed by atoms with Crippen molar-refractivity contribution in [2.24, 2.45) is 0 Å². The Morgan fingerprint density at radius 2 is 2.00 bits per heavy atom. The molecule has 110 valence electrons. The highest BCUT2D eigenvalue weighted by molar-refractivity contribution is 6.35. The van der Waals surface area contributed by atoms with Crippen LogP contribution in [0.25, 0.3) is 0 Å². The Balaban J connectivity index is 2.14. The second-order valence-electron chi connectivity index (χ2n) is 5.62. The summed E-state index contributed by atoms with van der Waals surface area (Å²) in [5.74, 6) is -0.118. The third kappa shape index (κ3) is 2.92. The van der Waals surface area contributed by atoms with Crippen molar-refractivity contribution in [2.45, 2.75) is 24.8 Å². The third-order valence-corrected chi connectivity index (χ3v) is 4.67. The molecule has 0 radical (unpaired) electrons. The highest BCUT2D eigenvalue weighted by Crippen LogP contribution is 2.37. The summed E-state index contributed by atoms with van der Waals surface area (Å²) < 4.78 is 0. The summed E-state index contributed by atoms with van der Waals surface area (Å²) >= 11 is 11.9.